The molecule has 19 heavy (non-hydrogen) atoms. The summed E-state index contributed by atoms with van der Waals surface area (Å²) in [6.45, 7) is 6.03. The van der Waals surface area contributed by atoms with E-state index in [1.807, 2.05) is 0 Å². The maximum absolute atomic E-state index is 11.1. The van der Waals surface area contributed by atoms with E-state index in [1.165, 1.54) is 6.42 Å². The van der Waals surface area contributed by atoms with Gasteiger partial charge >= 0.3 is 5.97 Å². The zero-order valence-electron chi connectivity index (χ0n) is 12.2. The van der Waals surface area contributed by atoms with Gasteiger partial charge in [0.2, 0.25) is 0 Å². The fraction of sp³-hybridized carbons (Fsp3) is 0.875. The smallest absolute Gasteiger partial charge is 0.303 e. The highest BCUT2D eigenvalue weighted by molar-refractivity contribution is 5.67. The van der Waals surface area contributed by atoms with Crippen LogP contribution in [0.15, 0.2) is 0 Å². The molecule has 0 aromatic carbocycles. The molecule has 2 atom stereocenters. The quantitative estimate of drug-likeness (QED) is 0.704. The van der Waals surface area contributed by atoms with Crippen molar-refractivity contribution < 1.29 is 15.0 Å². The number of aliphatic hydroxyl groups is 1. The first-order valence-corrected chi connectivity index (χ1v) is 7.78. The Morgan fingerprint density at radius 1 is 1.37 bits per heavy atom. The zero-order chi connectivity index (χ0) is 14.3. The van der Waals surface area contributed by atoms with Gasteiger partial charge in [-0.05, 0) is 37.5 Å². The third-order valence-electron chi connectivity index (χ3n) is 4.75. The van der Waals surface area contributed by atoms with Gasteiger partial charge in [-0.25, -0.2) is 0 Å². The van der Waals surface area contributed by atoms with Crippen molar-refractivity contribution >= 4 is 5.97 Å². The van der Waals surface area contributed by atoms with Crippen LogP contribution in [0, 0.1) is 18.8 Å². The fourth-order valence-electron chi connectivity index (χ4n) is 3.53. The molecule has 1 radical (unpaired) electrons. The lowest BCUT2D eigenvalue weighted by Gasteiger charge is -2.43. The van der Waals surface area contributed by atoms with Crippen molar-refractivity contribution in [1.82, 2.24) is 0 Å². The Balaban J connectivity index is 2.80. The summed E-state index contributed by atoms with van der Waals surface area (Å²) < 4.78 is 0. The van der Waals surface area contributed by atoms with Crippen LogP contribution in [0.3, 0.4) is 0 Å². The van der Waals surface area contributed by atoms with Crippen molar-refractivity contribution in [2.45, 2.75) is 76.7 Å². The molecule has 111 valence electrons. The molecule has 0 aliphatic heterocycles. The Kier molecular flexibility index (Phi) is 6.84. The molecule has 0 unspecified atom stereocenters. The average molecular weight is 269 g/mol. The summed E-state index contributed by atoms with van der Waals surface area (Å²) in [7, 11) is 0. The standard InChI is InChI=1S/C16H29O3/c1-3-5-9-14(12-15(17)18)16(19,4-2)13-10-7-6-8-11-13/h13-14,19H,2-12H2,1H3,(H,17,18)/t14-,16+/m1/s1. The number of hydrogen-bond donors (Lipinski definition) is 2. The van der Waals surface area contributed by atoms with E-state index in [1.54, 1.807) is 0 Å². The highest BCUT2D eigenvalue weighted by Crippen LogP contribution is 2.42. The van der Waals surface area contributed by atoms with Crippen LogP contribution in [0.25, 0.3) is 0 Å². The molecule has 1 saturated carbocycles. The summed E-state index contributed by atoms with van der Waals surface area (Å²) in [4.78, 5) is 11.1. The van der Waals surface area contributed by atoms with Gasteiger partial charge in [0, 0.05) is 0 Å². The van der Waals surface area contributed by atoms with Gasteiger partial charge in [-0.15, -0.1) is 0 Å². The molecule has 0 saturated heterocycles. The molecule has 1 fully saturated rings. The summed E-state index contributed by atoms with van der Waals surface area (Å²) in [5.74, 6) is -0.714. The van der Waals surface area contributed by atoms with Crippen molar-refractivity contribution in [2.75, 3.05) is 0 Å². The molecule has 3 heteroatoms. The van der Waals surface area contributed by atoms with E-state index in [9.17, 15) is 9.90 Å². The largest absolute Gasteiger partial charge is 0.481 e. The molecule has 0 spiro atoms. The third-order valence-corrected chi connectivity index (χ3v) is 4.75. The van der Waals surface area contributed by atoms with Crippen LogP contribution in [-0.2, 0) is 4.79 Å². The average Bonchev–Trinajstić information content (AvgIpc) is 2.43. The molecule has 1 rings (SSSR count). The SMILES string of the molecule is [CH2]C[C@](O)(C1CCCCC1)[C@H](CCCC)CC(=O)O. The Bertz CT molecular complexity index is 271. The van der Waals surface area contributed by atoms with Crippen LogP contribution in [0.5, 0.6) is 0 Å². The number of unbranched alkanes of at least 4 members (excludes halogenated alkanes) is 1. The fourth-order valence-corrected chi connectivity index (χ4v) is 3.53. The minimum absolute atomic E-state index is 0.0719. The highest BCUT2D eigenvalue weighted by Gasteiger charge is 2.42. The van der Waals surface area contributed by atoms with Crippen molar-refractivity contribution in [3.05, 3.63) is 6.92 Å². The van der Waals surface area contributed by atoms with E-state index in [4.69, 9.17) is 5.11 Å². The lowest BCUT2D eigenvalue weighted by atomic mass is 9.67. The zero-order valence-corrected chi connectivity index (χ0v) is 12.2. The van der Waals surface area contributed by atoms with Gasteiger partial charge in [0.15, 0.2) is 0 Å². The van der Waals surface area contributed by atoms with Gasteiger partial charge in [0.25, 0.3) is 0 Å². The number of rotatable bonds is 8. The second-order valence-electron chi connectivity index (χ2n) is 6.01. The molecule has 0 heterocycles. The number of carboxylic acids is 1. The van der Waals surface area contributed by atoms with Crippen molar-refractivity contribution in [2.24, 2.45) is 11.8 Å². The van der Waals surface area contributed by atoms with Crippen LogP contribution in [0.1, 0.15) is 71.1 Å². The monoisotopic (exact) mass is 269 g/mol. The minimum Gasteiger partial charge on any atom is -0.481 e. The van der Waals surface area contributed by atoms with E-state index >= 15 is 0 Å². The number of carboxylic acid groups (broad SMARTS) is 1. The highest BCUT2D eigenvalue weighted by atomic mass is 16.4. The Hall–Kier alpha value is -0.570. The molecular weight excluding hydrogens is 240 g/mol. The van der Waals surface area contributed by atoms with Crippen LogP contribution in [0.4, 0.5) is 0 Å². The minimum atomic E-state index is -0.881. The molecule has 3 nitrogen and oxygen atoms in total. The third kappa shape index (κ3) is 4.48. The van der Waals surface area contributed by atoms with E-state index in [2.05, 4.69) is 13.8 Å². The van der Waals surface area contributed by atoms with Crippen molar-refractivity contribution in [3.8, 4) is 0 Å². The van der Waals surface area contributed by atoms with Gasteiger partial charge in [0.05, 0.1) is 12.0 Å². The normalized spacial score (nSPS) is 21.8. The van der Waals surface area contributed by atoms with E-state index in [-0.39, 0.29) is 18.3 Å². The molecule has 0 amide bonds. The molecule has 0 bridgehead atoms. The first kappa shape index (κ1) is 16.5. The molecular formula is C16H29O3. The maximum atomic E-state index is 11.1. The van der Waals surface area contributed by atoms with Crippen molar-refractivity contribution in [3.63, 3.8) is 0 Å². The molecule has 1 aliphatic rings. The lowest BCUT2D eigenvalue weighted by Crippen LogP contribution is -2.46. The summed E-state index contributed by atoms with van der Waals surface area (Å²) in [6.07, 6.45) is 8.90. The predicted octanol–water partition coefficient (Wildman–Crippen LogP) is 3.80. The molecule has 0 aromatic heterocycles. The first-order chi connectivity index (χ1) is 9.04. The Morgan fingerprint density at radius 2 is 2.00 bits per heavy atom. The van der Waals surface area contributed by atoms with Crippen LogP contribution in [-0.4, -0.2) is 21.8 Å². The first-order valence-electron chi connectivity index (χ1n) is 7.78. The lowest BCUT2D eigenvalue weighted by molar-refractivity contribution is -0.144. The summed E-state index contributed by atoms with van der Waals surface area (Å²) in [5, 5.41) is 20.2. The molecule has 0 aromatic rings. The summed E-state index contributed by atoms with van der Waals surface area (Å²) in [6, 6.07) is 0. The van der Waals surface area contributed by atoms with E-state index in [0.717, 1.165) is 44.9 Å². The second kappa shape index (κ2) is 7.88. The maximum Gasteiger partial charge on any atom is 0.303 e. The van der Waals surface area contributed by atoms with Crippen LogP contribution in [0.2, 0.25) is 0 Å². The Morgan fingerprint density at radius 3 is 2.47 bits per heavy atom. The number of hydrogen-bond acceptors (Lipinski definition) is 2. The topological polar surface area (TPSA) is 57.5 Å². The Labute approximate surface area is 117 Å². The van der Waals surface area contributed by atoms with Crippen LogP contribution < -0.4 is 0 Å². The van der Waals surface area contributed by atoms with Gasteiger partial charge in [-0.3, -0.25) is 4.79 Å². The van der Waals surface area contributed by atoms with Crippen LogP contribution >= 0.6 is 0 Å². The summed E-state index contributed by atoms with van der Waals surface area (Å²) >= 11 is 0. The number of aliphatic carboxylic acids is 1. The van der Waals surface area contributed by atoms with E-state index < -0.39 is 11.6 Å². The summed E-state index contributed by atoms with van der Waals surface area (Å²) in [5.41, 5.74) is -0.881. The predicted molar refractivity (Wildman–Crippen MR) is 76.8 cm³/mol. The second-order valence-corrected chi connectivity index (χ2v) is 6.01. The van der Waals surface area contributed by atoms with Crippen molar-refractivity contribution in [1.29, 1.82) is 0 Å². The van der Waals surface area contributed by atoms with Gasteiger partial charge in [-0.1, -0.05) is 46.0 Å². The van der Waals surface area contributed by atoms with E-state index in [0.29, 0.717) is 6.42 Å². The van der Waals surface area contributed by atoms with Gasteiger partial charge in [0.1, 0.15) is 0 Å². The molecule has 2 N–H and O–H groups in total. The van der Waals surface area contributed by atoms with Gasteiger partial charge in [-0.2, -0.15) is 0 Å². The van der Waals surface area contributed by atoms with Gasteiger partial charge < -0.3 is 10.2 Å². The number of carbonyl (C=O) groups is 1. The molecule has 1 aliphatic carbocycles.